The normalized spacial score (nSPS) is 29.9. The molecule has 0 aliphatic carbocycles. The zero-order chi connectivity index (χ0) is 8.27. The SMILES string of the molecule is C=C[C@@H]1CC[C@@H](C(=O)OC)N1. The van der Waals surface area contributed by atoms with Gasteiger partial charge >= 0.3 is 5.97 Å². The van der Waals surface area contributed by atoms with E-state index in [9.17, 15) is 4.79 Å². The first-order chi connectivity index (χ1) is 5.27. The number of esters is 1. The van der Waals surface area contributed by atoms with Crippen molar-refractivity contribution >= 4 is 5.97 Å². The average Bonchev–Trinajstić information content (AvgIpc) is 2.50. The first kappa shape index (κ1) is 8.27. The molecule has 0 radical (unpaired) electrons. The van der Waals surface area contributed by atoms with Crippen LogP contribution in [0.1, 0.15) is 12.8 Å². The Morgan fingerprint density at radius 2 is 2.45 bits per heavy atom. The number of carbonyl (C=O) groups excluding carboxylic acids is 1. The lowest BCUT2D eigenvalue weighted by Crippen LogP contribution is -2.35. The van der Waals surface area contributed by atoms with Crippen molar-refractivity contribution < 1.29 is 9.53 Å². The Morgan fingerprint density at radius 1 is 1.73 bits per heavy atom. The fourth-order valence-electron chi connectivity index (χ4n) is 1.29. The minimum Gasteiger partial charge on any atom is -0.468 e. The highest BCUT2D eigenvalue weighted by Gasteiger charge is 2.27. The predicted molar refractivity (Wildman–Crippen MR) is 42.2 cm³/mol. The van der Waals surface area contributed by atoms with E-state index in [0.29, 0.717) is 0 Å². The third-order valence-corrected chi connectivity index (χ3v) is 1.95. The highest BCUT2D eigenvalue weighted by molar-refractivity contribution is 5.76. The Morgan fingerprint density at radius 3 is 2.91 bits per heavy atom. The van der Waals surface area contributed by atoms with Crippen LogP contribution in [0.4, 0.5) is 0 Å². The van der Waals surface area contributed by atoms with Gasteiger partial charge < -0.3 is 4.74 Å². The van der Waals surface area contributed by atoms with Crippen LogP contribution >= 0.6 is 0 Å². The largest absolute Gasteiger partial charge is 0.468 e. The molecule has 0 aromatic rings. The number of ether oxygens (including phenoxy) is 1. The van der Waals surface area contributed by atoms with Crippen LogP contribution in [0.5, 0.6) is 0 Å². The van der Waals surface area contributed by atoms with Crippen LogP contribution in [0.2, 0.25) is 0 Å². The van der Waals surface area contributed by atoms with Gasteiger partial charge in [-0.2, -0.15) is 0 Å². The second-order valence-electron chi connectivity index (χ2n) is 2.66. The van der Waals surface area contributed by atoms with E-state index in [0.717, 1.165) is 12.8 Å². The molecule has 0 aromatic heterocycles. The Kier molecular flexibility index (Phi) is 2.65. The molecule has 0 saturated carbocycles. The van der Waals surface area contributed by atoms with Gasteiger partial charge in [0.05, 0.1) is 7.11 Å². The van der Waals surface area contributed by atoms with Gasteiger partial charge in [-0.25, -0.2) is 0 Å². The summed E-state index contributed by atoms with van der Waals surface area (Å²) in [5, 5.41) is 3.10. The lowest BCUT2D eigenvalue weighted by molar-refractivity contribution is -0.142. The van der Waals surface area contributed by atoms with Crippen molar-refractivity contribution in [2.24, 2.45) is 0 Å². The second-order valence-corrected chi connectivity index (χ2v) is 2.66. The second kappa shape index (κ2) is 3.53. The van der Waals surface area contributed by atoms with Gasteiger partial charge in [0.15, 0.2) is 0 Å². The summed E-state index contributed by atoms with van der Waals surface area (Å²) in [5.74, 6) is -0.172. The third-order valence-electron chi connectivity index (χ3n) is 1.95. The van der Waals surface area contributed by atoms with Crippen LogP contribution in [-0.2, 0) is 9.53 Å². The molecule has 62 valence electrons. The highest BCUT2D eigenvalue weighted by atomic mass is 16.5. The molecule has 1 aliphatic rings. The van der Waals surface area contributed by atoms with Gasteiger partial charge in [0.1, 0.15) is 6.04 Å². The molecule has 3 heteroatoms. The quantitative estimate of drug-likeness (QED) is 0.465. The molecule has 11 heavy (non-hydrogen) atoms. The van der Waals surface area contributed by atoms with Crippen LogP contribution in [0.25, 0.3) is 0 Å². The summed E-state index contributed by atoms with van der Waals surface area (Å²) in [6, 6.07) is 0.155. The standard InChI is InChI=1S/C8H13NO2/c1-3-6-4-5-7(9-6)8(10)11-2/h3,6-7,9H,1,4-5H2,2H3/t6-,7+/m1/s1. The minimum atomic E-state index is -0.172. The van der Waals surface area contributed by atoms with E-state index in [2.05, 4.69) is 16.6 Å². The summed E-state index contributed by atoms with van der Waals surface area (Å²) in [5.41, 5.74) is 0. The molecular weight excluding hydrogens is 142 g/mol. The summed E-state index contributed by atoms with van der Waals surface area (Å²) in [6.07, 6.45) is 3.65. The number of rotatable bonds is 2. The van der Waals surface area contributed by atoms with Gasteiger partial charge in [-0.15, -0.1) is 6.58 Å². The van der Waals surface area contributed by atoms with E-state index in [1.807, 2.05) is 6.08 Å². The lowest BCUT2D eigenvalue weighted by Gasteiger charge is -2.08. The predicted octanol–water partition coefficient (Wildman–Crippen LogP) is 0.466. The zero-order valence-corrected chi connectivity index (χ0v) is 6.67. The van der Waals surface area contributed by atoms with E-state index < -0.39 is 0 Å². The van der Waals surface area contributed by atoms with E-state index >= 15 is 0 Å². The number of carbonyl (C=O) groups is 1. The van der Waals surface area contributed by atoms with Gasteiger partial charge in [0, 0.05) is 6.04 Å². The summed E-state index contributed by atoms with van der Waals surface area (Å²) in [6.45, 7) is 3.65. The number of nitrogens with one attached hydrogen (secondary N) is 1. The lowest BCUT2D eigenvalue weighted by atomic mass is 10.2. The van der Waals surface area contributed by atoms with Gasteiger partial charge in [0.25, 0.3) is 0 Å². The van der Waals surface area contributed by atoms with Crippen LogP contribution in [0.3, 0.4) is 0 Å². The molecule has 1 aliphatic heterocycles. The topological polar surface area (TPSA) is 38.3 Å². The van der Waals surface area contributed by atoms with Crippen molar-refractivity contribution in [1.82, 2.24) is 5.32 Å². The van der Waals surface area contributed by atoms with Crippen molar-refractivity contribution in [2.75, 3.05) is 7.11 Å². The molecule has 2 atom stereocenters. The van der Waals surface area contributed by atoms with Crippen molar-refractivity contribution in [1.29, 1.82) is 0 Å². The van der Waals surface area contributed by atoms with Gasteiger partial charge in [-0.1, -0.05) is 6.08 Å². The first-order valence-corrected chi connectivity index (χ1v) is 3.74. The summed E-state index contributed by atoms with van der Waals surface area (Å²) >= 11 is 0. The molecule has 0 spiro atoms. The van der Waals surface area contributed by atoms with Crippen LogP contribution in [-0.4, -0.2) is 25.2 Å². The smallest absolute Gasteiger partial charge is 0.322 e. The van der Waals surface area contributed by atoms with Gasteiger partial charge in [-0.3, -0.25) is 10.1 Å². The van der Waals surface area contributed by atoms with E-state index in [-0.39, 0.29) is 18.1 Å². The first-order valence-electron chi connectivity index (χ1n) is 3.74. The molecule has 1 heterocycles. The highest BCUT2D eigenvalue weighted by Crippen LogP contribution is 2.13. The van der Waals surface area contributed by atoms with Crippen LogP contribution < -0.4 is 5.32 Å². The van der Waals surface area contributed by atoms with Crippen LogP contribution in [0, 0.1) is 0 Å². The molecular formula is C8H13NO2. The maximum atomic E-state index is 11.0. The van der Waals surface area contributed by atoms with Crippen molar-refractivity contribution in [3.8, 4) is 0 Å². The van der Waals surface area contributed by atoms with Crippen molar-refractivity contribution in [3.63, 3.8) is 0 Å². The summed E-state index contributed by atoms with van der Waals surface area (Å²) in [7, 11) is 1.41. The molecule has 0 unspecified atom stereocenters. The molecule has 1 N–H and O–H groups in total. The monoisotopic (exact) mass is 155 g/mol. The number of hydrogen-bond donors (Lipinski definition) is 1. The van der Waals surface area contributed by atoms with Crippen LogP contribution in [0.15, 0.2) is 12.7 Å². The van der Waals surface area contributed by atoms with Crippen molar-refractivity contribution in [2.45, 2.75) is 24.9 Å². The van der Waals surface area contributed by atoms with E-state index in [1.54, 1.807) is 0 Å². The average molecular weight is 155 g/mol. The maximum absolute atomic E-state index is 11.0. The third kappa shape index (κ3) is 1.80. The van der Waals surface area contributed by atoms with E-state index in [1.165, 1.54) is 7.11 Å². The molecule has 3 nitrogen and oxygen atoms in total. The Bertz CT molecular complexity index is 167. The molecule has 0 amide bonds. The summed E-state index contributed by atoms with van der Waals surface area (Å²) < 4.78 is 4.59. The Hall–Kier alpha value is -0.830. The van der Waals surface area contributed by atoms with Crippen molar-refractivity contribution in [3.05, 3.63) is 12.7 Å². The molecule has 0 aromatic carbocycles. The summed E-state index contributed by atoms with van der Waals surface area (Å²) in [4.78, 5) is 11.0. The fourth-order valence-corrected chi connectivity index (χ4v) is 1.29. The Balaban J connectivity index is 2.41. The maximum Gasteiger partial charge on any atom is 0.322 e. The Labute approximate surface area is 66.4 Å². The zero-order valence-electron chi connectivity index (χ0n) is 6.67. The molecule has 1 fully saturated rings. The van der Waals surface area contributed by atoms with Gasteiger partial charge in [-0.05, 0) is 12.8 Å². The fraction of sp³-hybridized carbons (Fsp3) is 0.625. The number of hydrogen-bond acceptors (Lipinski definition) is 3. The van der Waals surface area contributed by atoms with E-state index in [4.69, 9.17) is 0 Å². The molecule has 1 saturated heterocycles. The molecule has 0 bridgehead atoms. The minimum absolute atomic E-state index is 0.122. The number of methoxy groups -OCH3 is 1. The molecule has 1 rings (SSSR count). The van der Waals surface area contributed by atoms with Gasteiger partial charge in [0.2, 0.25) is 0 Å².